The molecule has 0 aromatic heterocycles. The van der Waals surface area contributed by atoms with Gasteiger partial charge in [-0.2, -0.15) is 0 Å². The molecule has 0 saturated carbocycles. The van der Waals surface area contributed by atoms with Gasteiger partial charge in [-0.25, -0.2) is 0 Å². The number of amides is 1. The minimum Gasteiger partial charge on any atom is -0.481 e. The number of carbonyl (C=O) groups is 1. The van der Waals surface area contributed by atoms with Crippen molar-refractivity contribution >= 4 is 17.5 Å². The number of hydrogen-bond donors (Lipinski definition) is 1. The van der Waals surface area contributed by atoms with Crippen LogP contribution in [-0.2, 0) is 24.2 Å². The van der Waals surface area contributed by atoms with E-state index in [0.29, 0.717) is 11.6 Å². The van der Waals surface area contributed by atoms with Crippen LogP contribution in [0.3, 0.4) is 0 Å². The molecule has 0 unspecified atom stereocenters. The fourth-order valence-electron chi connectivity index (χ4n) is 2.98. The predicted molar refractivity (Wildman–Crippen MR) is 96.5 cm³/mol. The molecule has 2 aromatic carbocycles. The molecule has 4 heteroatoms. The quantitative estimate of drug-likeness (QED) is 0.878. The number of benzene rings is 2. The van der Waals surface area contributed by atoms with Gasteiger partial charge in [0.25, 0.3) is 5.91 Å². The van der Waals surface area contributed by atoms with Gasteiger partial charge in [-0.3, -0.25) is 4.79 Å². The molecule has 1 aliphatic rings. The molecule has 0 fully saturated rings. The Morgan fingerprint density at radius 1 is 1.12 bits per heavy atom. The van der Waals surface area contributed by atoms with Gasteiger partial charge in [-0.15, -0.1) is 0 Å². The molecule has 0 aliphatic heterocycles. The molecular weight excluding hydrogens is 322 g/mol. The summed E-state index contributed by atoms with van der Waals surface area (Å²) in [5, 5.41) is 3.58. The molecule has 24 heavy (non-hydrogen) atoms. The Kier molecular flexibility index (Phi) is 5.41. The highest BCUT2D eigenvalue weighted by Crippen LogP contribution is 2.25. The molecule has 0 radical (unpaired) electrons. The largest absolute Gasteiger partial charge is 0.481 e. The minimum absolute atomic E-state index is 0.123. The van der Waals surface area contributed by atoms with Gasteiger partial charge >= 0.3 is 0 Å². The Hall–Kier alpha value is -2.00. The summed E-state index contributed by atoms with van der Waals surface area (Å²) < 4.78 is 5.82. The third kappa shape index (κ3) is 4.30. The monoisotopic (exact) mass is 343 g/mol. The van der Waals surface area contributed by atoms with E-state index in [9.17, 15) is 4.79 Å². The maximum atomic E-state index is 12.2. The second-order valence-electron chi connectivity index (χ2n) is 6.24. The Balaban J connectivity index is 1.55. The summed E-state index contributed by atoms with van der Waals surface area (Å²) in [5.41, 5.74) is 3.77. The van der Waals surface area contributed by atoms with E-state index in [1.165, 1.54) is 24.0 Å². The number of carbonyl (C=O) groups excluding carboxylic acids is 1. The first-order valence-corrected chi connectivity index (χ1v) is 8.80. The smallest absolute Gasteiger partial charge is 0.261 e. The fraction of sp³-hybridized carbons (Fsp3) is 0.350. The summed E-state index contributed by atoms with van der Waals surface area (Å²) in [4.78, 5) is 12.2. The van der Waals surface area contributed by atoms with Gasteiger partial charge in [0.2, 0.25) is 0 Å². The van der Waals surface area contributed by atoms with Crippen LogP contribution in [-0.4, -0.2) is 12.0 Å². The Bertz CT molecular complexity index is 712. The van der Waals surface area contributed by atoms with Crippen molar-refractivity contribution in [1.29, 1.82) is 0 Å². The first kappa shape index (κ1) is 16.8. The third-order valence-electron chi connectivity index (χ3n) is 4.38. The van der Waals surface area contributed by atoms with E-state index in [2.05, 4.69) is 17.4 Å². The van der Waals surface area contributed by atoms with Gasteiger partial charge in [0.05, 0.1) is 0 Å². The first-order valence-electron chi connectivity index (χ1n) is 8.42. The van der Waals surface area contributed by atoms with E-state index >= 15 is 0 Å². The van der Waals surface area contributed by atoms with Crippen LogP contribution >= 0.6 is 11.6 Å². The van der Waals surface area contributed by atoms with E-state index in [4.69, 9.17) is 16.3 Å². The molecule has 3 rings (SSSR count). The summed E-state index contributed by atoms with van der Waals surface area (Å²) >= 11 is 5.86. The molecule has 3 nitrogen and oxygen atoms in total. The van der Waals surface area contributed by atoms with Gasteiger partial charge in [-0.05, 0) is 73.6 Å². The summed E-state index contributed by atoms with van der Waals surface area (Å²) in [7, 11) is 0. The number of fused-ring (bicyclic) bond motifs is 1. The number of nitrogens with one attached hydrogen (secondary N) is 1. The lowest BCUT2D eigenvalue weighted by molar-refractivity contribution is -0.127. The van der Waals surface area contributed by atoms with Crippen molar-refractivity contribution < 1.29 is 9.53 Å². The van der Waals surface area contributed by atoms with Crippen molar-refractivity contribution in [1.82, 2.24) is 5.32 Å². The molecule has 0 saturated heterocycles. The maximum absolute atomic E-state index is 12.2. The van der Waals surface area contributed by atoms with Crippen molar-refractivity contribution in [2.75, 3.05) is 0 Å². The number of ether oxygens (including phenoxy) is 1. The summed E-state index contributed by atoms with van der Waals surface area (Å²) in [6, 6.07) is 13.6. The van der Waals surface area contributed by atoms with Gasteiger partial charge in [0.1, 0.15) is 5.75 Å². The minimum atomic E-state index is -0.529. The van der Waals surface area contributed by atoms with E-state index < -0.39 is 6.10 Å². The van der Waals surface area contributed by atoms with Crippen molar-refractivity contribution in [3.05, 3.63) is 64.2 Å². The average Bonchev–Trinajstić information content (AvgIpc) is 2.61. The van der Waals surface area contributed by atoms with Crippen molar-refractivity contribution in [3.63, 3.8) is 0 Å². The van der Waals surface area contributed by atoms with Gasteiger partial charge < -0.3 is 10.1 Å². The number of halogens is 1. The van der Waals surface area contributed by atoms with Crippen LogP contribution in [0.2, 0.25) is 5.02 Å². The predicted octanol–water partition coefficient (Wildman–Crippen LogP) is 4.30. The molecule has 1 atom stereocenters. The summed E-state index contributed by atoms with van der Waals surface area (Å²) in [6.07, 6.45) is 4.21. The highest BCUT2D eigenvalue weighted by molar-refractivity contribution is 6.30. The van der Waals surface area contributed by atoms with Crippen LogP contribution in [0.4, 0.5) is 0 Å². The van der Waals surface area contributed by atoms with Gasteiger partial charge in [-0.1, -0.05) is 29.8 Å². The second-order valence-corrected chi connectivity index (χ2v) is 6.68. The number of hydrogen-bond acceptors (Lipinski definition) is 2. The topological polar surface area (TPSA) is 38.3 Å². The zero-order chi connectivity index (χ0) is 16.9. The van der Waals surface area contributed by atoms with Crippen LogP contribution < -0.4 is 10.1 Å². The van der Waals surface area contributed by atoms with E-state index in [1.807, 2.05) is 30.3 Å². The lowest BCUT2D eigenvalue weighted by Crippen LogP contribution is -2.35. The summed E-state index contributed by atoms with van der Waals surface area (Å²) in [6.45, 7) is 2.24. The highest BCUT2D eigenvalue weighted by Gasteiger charge is 2.16. The normalized spacial score (nSPS) is 14.6. The second kappa shape index (κ2) is 7.71. The number of aryl methyl sites for hydroxylation is 2. The molecule has 0 bridgehead atoms. The SMILES string of the molecule is C[C@@H](Oc1ccc2c(c1)CCCC2)C(=O)NCc1ccc(Cl)cc1. The Labute approximate surface area is 148 Å². The molecular formula is C20H22ClNO2. The Morgan fingerprint density at radius 2 is 1.83 bits per heavy atom. The maximum Gasteiger partial charge on any atom is 0.261 e. The molecule has 2 aromatic rings. The molecule has 0 spiro atoms. The van der Waals surface area contributed by atoms with E-state index in [0.717, 1.165) is 24.2 Å². The molecule has 1 aliphatic carbocycles. The van der Waals surface area contributed by atoms with Crippen LogP contribution in [0, 0.1) is 0 Å². The molecule has 1 N–H and O–H groups in total. The van der Waals surface area contributed by atoms with Gasteiger partial charge in [0, 0.05) is 11.6 Å². The summed E-state index contributed by atoms with van der Waals surface area (Å²) in [5.74, 6) is 0.646. The van der Waals surface area contributed by atoms with Crippen LogP contribution in [0.25, 0.3) is 0 Å². The molecule has 0 heterocycles. The van der Waals surface area contributed by atoms with Crippen LogP contribution in [0.1, 0.15) is 36.5 Å². The average molecular weight is 344 g/mol. The zero-order valence-corrected chi connectivity index (χ0v) is 14.6. The standard InChI is InChI=1S/C20H22ClNO2/c1-14(20(23)22-13-15-6-9-18(21)10-7-15)24-19-11-8-16-4-2-3-5-17(16)12-19/h6-12,14H,2-5,13H2,1H3,(H,22,23)/t14-/m1/s1. The molecule has 126 valence electrons. The first-order chi connectivity index (χ1) is 11.6. The van der Waals surface area contributed by atoms with Crippen molar-refractivity contribution in [3.8, 4) is 5.75 Å². The van der Waals surface area contributed by atoms with Crippen LogP contribution in [0.5, 0.6) is 5.75 Å². The van der Waals surface area contributed by atoms with E-state index in [-0.39, 0.29) is 5.91 Å². The van der Waals surface area contributed by atoms with Crippen molar-refractivity contribution in [2.24, 2.45) is 0 Å². The van der Waals surface area contributed by atoms with Crippen LogP contribution in [0.15, 0.2) is 42.5 Å². The Morgan fingerprint density at radius 3 is 2.58 bits per heavy atom. The fourth-order valence-corrected chi connectivity index (χ4v) is 3.10. The highest BCUT2D eigenvalue weighted by atomic mass is 35.5. The van der Waals surface area contributed by atoms with Crippen molar-refractivity contribution in [2.45, 2.75) is 45.3 Å². The zero-order valence-electron chi connectivity index (χ0n) is 13.8. The van der Waals surface area contributed by atoms with E-state index in [1.54, 1.807) is 6.92 Å². The van der Waals surface area contributed by atoms with Gasteiger partial charge in [0.15, 0.2) is 6.10 Å². The number of rotatable bonds is 5. The lowest BCUT2D eigenvalue weighted by atomic mass is 9.92. The third-order valence-corrected chi connectivity index (χ3v) is 4.63. The molecule has 1 amide bonds. The lowest BCUT2D eigenvalue weighted by Gasteiger charge is -2.19.